The number of nitrogens with zero attached hydrogens (tertiary/aromatic N) is 4. The van der Waals surface area contributed by atoms with Gasteiger partial charge in [-0.25, -0.2) is 4.98 Å². The SMILES string of the molecule is Cc1ccnc(NC(=O)CN(C)C(=O)CN(C)C2=NS(=O)(=O)c3ccccc32)c1. The predicted molar refractivity (Wildman–Crippen MR) is 108 cm³/mol. The monoisotopic (exact) mass is 415 g/mol. The molecule has 0 saturated carbocycles. The topological polar surface area (TPSA) is 112 Å². The molecule has 2 aromatic rings. The van der Waals surface area contributed by atoms with Crippen LogP contribution in [0.15, 0.2) is 51.9 Å². The molecular weight excluding hydrogens is 394 g/mol. The molecule has 0 spiro atoms. The number of fused-ring (bicyclic) bond motifs is 1. The molecule has 0 bridgehead atoms. The second-order valence-electron chi connectivity index (χ2n) is 6.76. The molecule has 1 N–H and O–H groups in total. The third-order valence-corrected chi connectivity index (χ3v) is 5.66. The lowest BCUT2D eigenvalue weighted by Gasteiger charge is -2.22. The number of nitrogens with one attached hydrogen (secondary N) is 1. The van der Waals surface area contributed by atoms with Crippen molar-refractivity contribution in [2.24, 2.45) is 4.40 Å². The van der Waals surface area contributed by atoms with Crippen LogP contribution in [0.4, 0.5) is 5.82 Å². The van der Waals surface area contributed by atoms with Crippen molar-refractivity contribution >= 4 is 33.5 Å². The Morgan fingerprint density at radius 3 is 2.55 bits per heavy atom. The largest absolute Gasteiger partial charge is 0.349 e. The van der Waals surface area contributed by atoms with Gasteiger partial charge in [-0.15, -0.1) is 4.40 Å². The average molecular weight is 415 g/mol. The first-order valence-corrected chi connectivity index (χ1v) is 10.2. The van der Waals surface area contributed by atoms with E-state index in [0.717, 1.165) is 5.56 Å². The molecule has 1 aromatic carbocycles. The standard InChI is InChI=1S/C19H21N5O4S/c1-13-8-9-20-16(10-13)21-17(25)11-23(2)18(26)12-24(3)19-14-6-4-5-7-15(14)29(27,28)22-19/h4-10H,11-12H2,1-3H3,(H,20,21,25). The first-order chi connectivity index (χ1) is 13.7. The average Bonchev–Trinajstić information content (AvgIpc) is 2.93. The minimum atomic E-state index is -3.76. The number of aryl methyl sites for hydroxylation is 1. The summed E-state index contributed by atoms with van der Waals surface area (Å²) in [5, 5.41) is 2.64. The van der Waals surface area contributed by atoms with E-state index in [1.807, 2.05) is 13.0 Å². The number of hydrogen-bond donors (Lipinski definition) is 1. The molecule has 152 valence electrons. The molecule has 1 aliphatic rings. The van der Waals surface area contributed by atoms with E-state index in [1.165, 1.54) is 22.9 Å². The number of carbonyl (C=O) groups is 2. The molecule has 0 aliphatic carbocycles. The molecule has 0 saturated heterocycles. The van der Waals surface area contributed by atoms with Crippen molar-refractivity contribution in [3.63, 3.8) is 0 Å². The van der Waals surface area contributed by atoms with Crippen molar-refractivity contribution in [2.75, 3.05) is 32.5 Å². The highest BCUT2D eigenvalue weighted by molar-refractivity contribution is 7.90. The van der Waals surface area contributed by atoms with Crippen LogP contribution in [0.1, 0.15) is 11.1 Å². The van der Waals surface area contributed by atoms with Gasteiger partial charge in [0.1, 0.15) is 10.7 Å². The van der Waals surface area contributed by atoms with Crippen LogP contribution in [0.2, 0.25) is 0 Å². The maximum absolute atomic E-state index is 12.5. The zero-order valence-electron chi connectivity index (χ0n) is 16.3. The molecule has 2 heterocycles. The summed E-state index contributed by atoms with van der Waals surface area (Å²) in [7, 11) is -0.680. The number of hydrogen-bond acceptors (Lipinski definition) is 6. The fourth-order valence-corrected chi connectivity index (χ4v) is 4.10. The lowest BCUT2D eigenvalue weighted by molar-refractivity contribution is -0.133. The van der Waals surface area contributed by atoms with E-state index in [9.17, 15) is 18.0 Å². The van der Waals surface area contributed by atoms with E-state index in [-0.39, 0.29) is 35.6 Å². The van der Waals surface area contributed by atoms with Gasteiger partial charge in [-0.2, -0.15) is 8.42 Å². The molecule has 0 radical (unpaired) electrons. The van der Waals surface area contributed by atoms with Gasteiger partial charge < -0.3 is 15.1 Å². The molecule has 10 heteroatoms. The van der Waals surface area contributed by atoms with Gasteiger partial charge in [0.2, 0.25) is 11.8 Å². The Bertz CT molecular complexity index is 1100. The van der Waals surface area contributed by atoms with Crippen molar-refractivity contribution in [3.05, 3.63) is 53.7 Å². The summed E-state index contributed by atoms with van der Waals surface area (Å²) in [5.41, 5.74) is 1.41. The number of likely N-dealkylation sites (N-methyl/N-ethyl adjacent to an activating group) is 2. The summed E-state index contributed by atoms with van der Waals surface area (Å²) in [4.78, 5) is 31.6. The van der Waals surface area contributed by atoms with Gasteiger partial charge in [-0.05, 0) is 36.8 Å². The summed E-state index contributed by atoms with van der Waals surface area (Å²) in [6.45, 7) is 1.59. The fourth-order valence-electron chi connectivity index (χ4n) is 2.85. The number of benzene rings is 1. The fraction of sp³-hybridized carbons (Fsp3) is 0.263. The van der Waals surface area contributed by atoms with E-state index < -0.39 is 10.0 Å². The van der Waals surface area contributed by atoms with E-state index >= 15 is 0 Å². The minimum Gasteiger partial charge on any atom is -0.349 e. The normalized spacial score (nSPS) is 14.0. The summed E-state index contributed by atoms with van der Waals surface area (Å²) in [6, 6.07) is 9.99. The molecule has 0 atom stereocenters. The first-order valence-electron chi connectivity index (χ1n) is 8.79. The highest BCUT2D eigenvalue weighted by Crippen LogP contribution is 2.26. The third kappa shape index (κ3) is 4.60. The smallest absolute Gasteiger partial charge is 0.285 e. The maximum Gasteiger partial charge on any atom is 0.285 e. The summed E-state index contributed by atoms with van der Waals surface area (Å²) < 4.78 is 28.1. The molecule has 29 heavy (non-hydrogen) atoms. The molecule has 2 amide bonds. The summed E-state index contributed by atoms with van der Waals surface area (Å²) in [5.74, 6) is -0.122. The minimum absolute atomic E-state index is 0.118. The molecule has 3 rings (SSSR count). The van der Waals surface area contributed by atoms with Crippen LogP contribution in [-0.2, 0) is 19.6 Å². The maximum atomic E-state index is 12.5. The zero-order chi connectivity index (χ0) is 21.2. The number of amidine groups is 1. The molecule has 0 unspecified atom stereocenters. The Kier molecular flexibility index (Phi) is 5.64. The van der Waals surface area contributed by atoms with Gasteiger partial charge in [0.25, 0.3) is 10.0 Å². The summed E-state index contributed by atoms with van der Waals surface area (Å²) >= 11 is 0. The number of pyridine rings is 1. The van der Waals surface area contributed by atoms with E-state index in [2.05, 4.69) is 14.7 Å². The van der Waals surface area contributed by atoms with Gasteiger partial charge in [0, 0.05) is 25.9 Å². The molecular formula is C19H21N5O4S. The van der Waals surface area contributed by atoms with Gasteiger partial charge in [-0.1, -0.05) is 12.1 Å². The highest BCUT2D eigenvalue weighted by atomic mass is 32.2. The van der Waals surface area contributed by atoms with E-state index in [4.69, 9.17) is 0 Å². The molecule has 1 aliphatic heterocycles. The van der Waals surface area contributed by atoms with Crippen LogP contribution in [0, 0.1) is 6.92 Å². The number of amides is 2. The van der Waals surface area contributed by atoms with Crippen LogP contribution in [0.3, 0.4) is 0 Å². The number of rotatable bonds is 5. The second-order valence-corrected chi connectivity index (χ2v) is 8.33. The Hall–Kier alpha value is -3.27. The van der Waals surface area contributed by atoms with Crippen molar-refractivity contribution < 1.29 is 18.0 Å². The van der Waals surface area contributed by atoms with Gasteiger partial charge in [0.15, 0.2) is 5.84 Å². The lowest BCUT2D eigenvalue weighted by Crippen LogP contribution is -2.42. The Labute approximate surface area is 169 Å². The summed E-state index contributed by atoms with van der Waals surface area (Å²) in [6.07, 6.45) is 1.59. The predicted octanol–water partition coefficient (Wildman–Crippen LogP) is 0.868. The number of carbonyl (C=O) groups excluding carboxylic acids is 2. The highest BCUT2D eigenvalue weighted by Gasteiger charge is 2.31. The van der Waals surface area contributed by atoms with Crippen molar-refractivity contribution in [1.29, 1.82) is 0 Å². The number of sulfonamides is 1. The van der Waals surface area contributed by atoms with Crippen molar-refractivity contribution in [2.45, 2.75) is 11.8 Å². The van der Waals surface area contributed by atoms with Crippen LogP contribution in [-0.4, -0.2) is 68.0 Å². The van der Waals surface area contributed by atoms with Gasteiger partial charge in [0.05, 0.1) is 13.1 Å². The van der Waals surface area contributed by atoms with E-state index in [1.54, 1.807) is 37.5 Å². The van der Waals surface area contributed by atoms with Gasteiger partial charge >= 0.3 is 0 Å². The zero-order valence-corrected chi connectivity index (χ0v) is 17.1. The van der Waals surface area contributed by atoms with E-state index in [0.29, 0.717) is 11.4 Å². The quantitative estimate of drug-likeness (QED) is 0.775. The lowest BCUT2D eigenvalue weighted by atomic mass is 10.2. The van der Waals surface area contributed by atoms with Crippen molar-refractivity contribution in [3.8, 4) is 0 Å². The van der Waals surface area contributed by atoms with Crippen LogP contribution in [0.5, 0.6) is 0 Å². The third-order valence-electron chi connectivity index (χ3n) is 4.34. The Morgan fingerprint density at radius 1 is 1.10 bits per heavy atom. The number of aromatic nitrogens is 1. The Balaban J connectivity index is 1.62. The molecule has 0 fully saturated rings. The Morgan fingerprint density at radius 2 is 1.83 bits per heavy atom. The second kappa shape index (κ2) is 8.00. The van der Waals surface area contributed by atoms with Crippen LogP contribution >= 0.6 is 0 Å². The first kappa shape index (κ1) is 20.5. The number of anilines is 1. The molecule has 9 nitrogen and oxygen atoms in total. The van der Waals surface area contributed by atoms with Crippen molar-refractivity contribution in [1.82, 2.24) is 14.8 Å². The van der Waals surface area contributed by atoms with Gasteiger partial charge in [-0.3, -0.25) is 9.59 Å². The van der Waals surface area contributed by atoms with Crippen LogP contribution < -0.4 is 5.32 Å². The molecule has 1 aromatic heterocycles. The van der Waals surface area contributed by atoms with Crippen LogP contribution in [0.25, 0.3) is 0 Å².